The molecule has 0 aliphatic rings. The lowest BCUT2D eigenvalue weighted by molar-refractivity contribution is 0.0789. The van der Waals surface area contributed by atoms with Gasteiger partial charge in [0.2, 0.25) is 0 Å². The minimum absolute atomic E-state index is 0.169. The highest BCUT2D eigenvalue weighted by Gasteiger charge is 2.23. The SMILES string of the molecule is Cc1nc(-c2c(C)c(C)nn(C)c2=O)sc1C(=O)N(C)Cc1ccc(Cl)c(Cl)c1. The Morgan fingerprint density at radius 2 is 1.86 bits per heavy atom. The third-order valence-corrected chi connectivity index (χ3v) is 6.58. The van der Waals surface area contributed by atoms with E-state index in [1.807, 2.05) is 19.9 Å². The normalized spacial score (nSPS) is 11.0. The van der Waals surface area contributed by atoms with Crippen molar-refractivity contribution in [3.63, 3.8) is 0 Å². The minimum Gasteiger partial charge on any atom is -0.337 e. The van der Waals surface area contributed by atoms with E-state index in [-0.39, 0.29) is 11.5 Å². The predicted octanol–water partition coefficient (Wildman–Crippen LogP) is 4.41. The zero-order valence-corrected chi connectivity index (χ0v) is 19.0. The van der Waals surface area contributed by atoms with E-state index in [1.165, 1.54) is 16.0 Å². The molecule has 0 radical (unpaired) electrons. The number of hydrogen-bond acceptors (Lipinski definition) is 5. The smallest absolute Gasteiger partial charge is 0.277 e. The summed E-state index contributed by atoms with van der Waals surface area (Å²) in [6.45, 7) is 5.83. The van der Waals surface area contributed by atoms with Crippen LogP contribution in [-0.2, 0) is 13.6 Å². The molecule has 0 fully saturated rings. The molecule has 9 heteroatoms. The molecule has 29 heavy (non-hydrogen) atoms. The molecule has 0 aliphatic carbocycles. The van der Waals surface area contributed by atoms with Gasteiger partial charge in [0.1, 0.15) is 9.88 Å². The molecule has 0 spiro atoms. The summed E-state index contributed by atoms with van der Waals surface area (Å²) in [5.41, 5.74) is 3.23. The number of hydrogen-bond donors (Lipinski definition) is 0. The minimum atomic E-state index is -0.231. The van der Waals surface area contributed by atoms with E-state index < -0.39 is 0 Å². The van der Waals surface area contributed by atoms with Crippen LogP contribution in [0.3, 0.4) is 0 Å². The van der Waals surface area contributed by atoms with Gasteiger partial charge in [-0.2, -0.15) is 5.10 Å². The number of aromatic nitrogens is 3. The number of carbonyl (C=O) groups excluding carboxylic acids is 1. The van der Waals surface area contributed by atoms with Crippen LogP contribution in [-0.4, -0.2) is 32.6 Å². The van der Waals surface area contributed by atoms with Crippen molar-refractivity contribution < 1.29 is 4.79 Å². The standard InChI is InChI=1S/C20H20Cl2N4O2S/c1-10-11(2)24-26(5)19(27)16(10)18-23-12(3)17(29-18)20(28)25(4)9-13-6-7-14(21)15(22)8-13/h6-8H,9H2,1-5H3. The van der Waals surface area contributed by atoms with Crippen molar-refractivity contribution in [3.05, 3.63) is 66.0 Å². The summed E-state index contributed by atoms with van der Waals surface area (Å²) in [5, 5.41) is 5.64. The molecular formula is C20H20Cl2N4O2S. The topological polar surface area (TPSA) is 68.1 Å². The van der Waals surface area contributed by atoms with Gasteiger partial charge in [-0.15, -0.1) is 11.3 Å². The van der Waals surface area contributed by atoms with Gasteiger partial charge >= 0.3 is 0 Å². The summed E-state index contributed by atoms with van der Waals surface area (Å²) < 4.78 is 1.30. The van der Waals surface area contributed by atoms with E-state index in [9.17, 15) is 9.59 Å². The van der Waals surface area contributed by atoms with E-state index in [2.05, 4.69) is 10.1 Å². The summed E-state index contributed by atoms with van der Waals surface area (Å²) in [6.07, 6.45) is 0. The second-order valence-electron chi connectivity index (χ2n) is 6.86. The van der Waals surface area contributed by atoms with E-state index in [0.29, 0.717) is 37.7 Å². The van der Waals surface area contributed by atoms with Gasteiger partial charge < -0.3 is 4.90 Å². The maximum absolute atomic E-state index is 13.0. The van der Waals surface area contributed by atoms with Crippen LogP contribution in [0.5, 0.6) is 0 Å². The van der Waals surface area contributed by atoms with Crippen molar-refractivity contribution in [1.82, 2.24) is 19.7 Å². The van der Waals surface area contributed by atoms with Gasteiger partial charge in [-0.25, -0.2) is 9.67 Å². The number of aryl methyl sites for hydroxylation is 3. The van der Waals surface area contributed by atoms with Crippen LogP contribution >= 0.6 is 34.5 Å². The first kappa shape index (κ1) is 21.5. The molecule has 1 amide bonds. The van der Waals surface area contributed by atoms with Crippen molar-refractivity contribution in [2.24, 2.45) is 7.05 Å². The molecule has 0 bridgehead atoms. The molecule has 0 N–H and O–H groups in total. The van der Waals surface area contributed by atoms with Gasteiger partial charge in [-0.05, 0) is 44.0 Å². The van der Waals surface area contributed by atoms with Gasteiger partial charge in [0.05, 0.1) is 27.0 Å². The fourth-order valence-electron chi connectivity index (χ4n) is 2.96. The molecule has 0 saturated carbocycles. The Morgan fingerprint density at radius 1 is 1.17 bits per heavy atom. The molecule has 0 atom stereocenters. The number of carbonyl (C=O) groups is 1. The van der Waals surface area contributed by atoms with E-state index in [4.69, 9.17) is 23.2 Å². The number of rotatable bonds is 4. The molecule has 3 aromatic rings. The van der Waals surface area contributed by atoms with Crippen LogP contribution in [0.15, 0.2) is 23.0 Å². The van der Waals surface area contributed by atoms with Crippen LogP contribution in [0.2, 0.25) is 10.0 Å². The zero-order valence-electron chi connectivity index (χ0n) is 16.7. The molecule has 0 aliphatic heterocycles. The number of amides is 1. The maximum atomic E-state index is 13.0. The van der Waals surface area contributed by atoms with Crippen molar-refractivity contribution in [2.45, 2.75) is 27.3 Å². The summed E-state index contributed by atoms with van der Waals surface area (Å²) in [6, 6.07) is 5.28. The van der Waals surface area contributed by atoms with Gasteiger partial charge in [0.25, 0.3) is 11.5 Å². The zero-order chi connectivity index (χ0) is 21.5. The van der Waals surface area contributed by atoms with E-state index >= 15 is 0 Å². The van der Waals surface area contributed by atoms with Crippen LogP contribution in [0, 0.1) is 20.8 Å². The first-order valence-corrected chi connectivity index (χ1v) is 10.4. The summed E-state index contributed by atoms with van der Waals surface area (Å²) >= 11 is 13.2. The Balaban J connectivity index is 1.93. The van der Waals surface area contributed by atoms with Gasteiger partial charge in [0, 0.05) is 20.6 Å². The average Bonchev–Trinajstić information content (AvgIpc) is 3.04. The lowest BCUT2D eigenvalue weighted by Gasteiger charge is -2.17. The highest BCUT2D eigenvalue weighted by atomic mass is 35.5. The molecule has 152 valence electrons. The fourth-order valence-corrected chi connectivity index (χ4v) is 4.43. The molecule has 3 rings (SSSR count). The quantitative estimate of drug-likeness (QED) is 0.590. The van der Waals surface area contributed by atoms with Gasteiger partial charge in [0.15, 0.2) is 0 Å². The van der Waals surface area contributed by atoms with Crippen LogP contribution in [0.4, 0.5) is 0 Å². The first-order chi connectivity index (χ1) is 13.6. The number of halogens is 2. The lowest BCUT2D eigenvalue weighted by atomic mass is 10.1. The Labute approximate surface area is 182 Å². The first-order valence-electron chi connectivity index (χ1n) is 8.81. The Hall–Kier alpha value is -2.22. The van der Waals surface area contributed by atoms with Crippen molar-refractivity contribution in [3.8, 4) is 10.6 Å². The van der Waals surface area contributed by atoms with Crippen LogP contribution in [0.25, 0.3) is 10.6 Å². The molecule has 1 aromatic carbocycles. The molecule has 2 heterocycles. The van der Waals surface area contributed by atoms with E-state index in [0.717, 1.165) is 16.8 Å². The summed E-state index contributed by atoms with van der Waals surface area (Å²) in [5.74, 6) is -0.169. The highest BCUT2D eigenvalue weighted by Crippen LogP contribution is 2.30. The molecular weight excluding hydrogens is 431 g/mol. The van der Waals surface area contributed by atoms with Gasteiger partial charge in [-0.1, -0.05) is 29.3 Å². The second-order valence-corrected chi connectivity index (χ2v) is 8.67. The Morgan fingerprint density at radius 3 is 2.52 bits per heavy atom. The lowest BCUT2D eigenvalue weighted by Crippen LogP contribution is -2.26. The maximum Gasteiger partial charge on any atom is 0.277 e. The van der Waals surface area contributed by atoms with Crippen molar-refractivity contribution in [2.75, 3.05) is 7.05 Å². The highest BCUT2D eigenvalue weighted by molar-refractivity contribution is 7.17. The van der Waals surface area contributed by atoms with Crippen molar-refractivity contribution in [1.29, 1.82) is 0 Å². The Kier molecular flexibility index (Phi) is 6.12. The third kappa shape index (κ3) is 4.22. The summed E-state index contributed by atoms with van der Waals surface area (Å²) in [7, 11) is 3.32. The van der Waals surface area contributed by atoms with Crippen LogP contribution in [0.1, 0.15) is 32.2 Å². The summed E-state index contributed by atoms with van der Waals surface area (Å²) in [4.78, 5) is 32.2. The average molecular weight is 451 g/mol. The third-order valence-electron chi connectivity index (χ3n) is 4.68. The largest absolute Gasteiger partial charge is 0.337 e. The van der Waals surface area contributed by atoms with Crippen LogP contribution < -0.4 is 5.56 Å². The number of benzene rings is 1. The van der Waals surface area contributed by atoms with Gasteiger partial charge in [-0.3, -0.25) is 9.59 Å². The monoisotopic (exact) mass is 450 g/mol. The molecule has 2 aromatic heterocycles. The number of nitrogens with zero attached hydrogens (tertiary/aromatic N) is 4. The molecule has 0 saturated heterocycles. The molecule has 0 unspecified atom stereocenters. The second kappa shape index (κ2) is 8.26. The number of thiazole rings is 1. The molecule has 6 nitrogen and oxygen atoms in total. The van der Waals surface area contributed by atoms with Crippen molar-refractivity contribution >= 4 is 40.4 Å². The Bertz CT molecular complexity index is 1170. The predicted molar refractivity (Wildman–Crippen MR) is 117 cm³/mol. The fraction of sp³-hybridized carbons (Fsp3) is 0.300. The van der Waals surface area contributed by atoms with E-state index in [1.54, 1.807) is 38.1 Å².